The van der Waals surface area contributed by atoms with Crippen molar-refractivity contribution >= 4 is 29.1 Å². The first-order valence-corrected chi connectivity index (χ1v) is 6.44. The summed E-state index contributed by atoms with van der Waals surface area (Å²) >= 11 is 5.99. The van der Waals surface area contributed by atoms with Crippen molar-refractivity contribution in [2.75, 3.05) is 26.1 Å². The molecule has 0 fully saturated rings. The highest BCUT2D eigenvalue weighted by molar-refractivity contribution is 6.34. The molecule has 0 heterocycles. The van der Waals surface area contributed by atoms with E-state index in [0.717, 1.165) is 0 Å². The number of hydrogen-bond donors (Lipinski definition) is 3. The number of benzene rings is 1. The van der Waals surface area contributed by atoms with E-state index in [1.807, 2.05) is 0 Å². The zero-order valence-electron chi connectivity index (χ0n) is 11.4. The first kappa shape index (κ1) is 16.4. The Morgan fingerprint density at radius 3 is 2.75 bits per heavy atom. The van der Waals surface area contributed by atoms with Gasteiger partial charge >= 0.3 is 0 Å². The molecule has 4 N–H and O–H groups in total. The van der Waals surface area contributed by atoms with E-state index in [1.54, 1.807) is 12.1 Å². The summed E-state index contributed by atoms with van der Waals surface area (Å²) in [5.41, 5.74) is 6.46. The van der Waals surface area contributed by atoms with Gasteiger partial charge in [0.2, 0.25) is 5.91 Å². The molecule has 20 heavy (non-hydrogen) atoms. The molecule has 0 radical (unpaired) electrons. The number of hydrogen-bond acceptors (Lipinski definition) is 4. The Morgan fingerprint density at radius 2 is 2.15 bits per heavy atom. The largest absolute Gasteiger partial charge is 0.385 e. The summed E-state index contributed by atoms with van der Waals surface area (Å²) < 4.78 is 4.86. The molecular weight excluding hydrogens is 282 g/mol. The Hall–Kier alpha value is -1.63. The fraction of sp³-hybridized carbons (Fsp3) is 0.385. The van der Waals surface area contributed by atoms with Crippen LogP contribution in [0.2, 0.25) is 5.02 Å². The van der Waals surface area contributed by atoms with Crippen LogP contribution in [-0.4, -0.2) is 38.6 Å². The maximum Gasteiger partial charge on any atom is 0.251 e. The second kappa shape index (κ2) is 7.84. The van der Waals surface area contributed by atoms with E-state index in [4.69, 9.17) is 22.1 Å². The molecule has 6 nitrogen and oxygen atoms in total. The smallest absolute Gasteiger partial charge is 0.251 e. The minimum absolute atomic E-state index is 0.263. The van der Waals surface area contributed by atoms with Crippen molar-refractivity contribution < 1.29 is 14.3 Å². The van der Waals surface area contributed by atoms with Crippen LogP contribution in [0.1, 0.15) is 16.8 Å². The minimum atomic E-state index is -0.699. The molecule has 0 aromatic heterocycles. The summed E-state index contributed by atoms with van der Waals surface area (Å²) in [6.07, 6.45) is 0.398. The number of carbonyl (C=O) groups excluding carboxylic acids is 2. The summed E-state index contributed by atoms with van der Waals surface area (Å²) in [5, 5.41) is 5.44. The zero-order chi connectivity index (χ0) is 15.1. The summed E-state index contributed by atoms with van der Waals surface area (Å²) in [6.45, 7) is 0.389. The topological polar surface area (TPSA) is 93.5 Å². The molecule has 2 amide bonds. The Morgan fingerprint density at radius 1 is 1.45 bits per heavy atom. The van der Waals surface area contributed by atoms with Gasteiger partial charge in [0.05, 0.1) is 16.8 Å². The fourth-order valence-electron chi connectivity index (χ4n) is 1.51. The monoisotopic (exact) mass is 299 g/mol. The minimum Gasteiger partial charge on any atom is -0.385 e. The Labute approximate surface area is 122 Å². The lowest BCUT2D eigenvalue weighted by atomic mass is 10.1. The van der Waals surface area contributed by atoms with Gasteiger partial charge in [0.1, 0.15) is 0 Å². The van der Waals surface area contributed by atoms with Crippen LogP contribution in [0.15, 0.2) is 18.2 Å². The molecule has 1 rings (SSSR count). The first-order chi connectivity index (χ1) is 9.49. The SMILES string of the molecule is CNC(=O)c1ccc(Cl)c(NC(=O)C(N)CCOC)c1. The lowest BCUT2D eigenvalue weighted by molar-refractivity contribution is -0.117. The highest BCUT2D eigenvalue weighted by Crippen LogP contribution is 2.23. The number of nitrogens with one attached hydrogen (secondary N) is 2. The molecule has 0 bridgehead atoms. The van der Waals surface area contributed by atoms with Gasteiger partial charge < -0.3 is 21.1 Å². The van der Waals surface area contributed by atoms with Crippen LogP contribution in [0.5, 0.6) is 0 Å². The fourth-order valence-corrected chi connectivity index (χ4v) is 1.67. The van der Waals surface area contributed by atoms with Crippen molar-refractivity contribution in [1.82, 2.24) is 5.32 Å². The highest BCUT2D eigenvalue weighted by atomic mass is 35.5. The molecule has 0 spiro atoms. The van der Waals surface area contributed by atoms with Gasteiger partial charge in [0, 0.05) is 26.3 Å². The van der Waals surface area contributed by atoms with Crippen LogP contribution < -0.4 is 16.4 Å². The predicted octanol–water partition coefficient (Wildman–Crippen LogP) is 1.00. The van der Waals surface area contributed by atoms with Crippen molar-refractivity contribution in [3.8, 4) is 0 Å². The van der Waals surface area contributed by atoms with Gasteiger partial charge in [0.15, 0.2) is 0 Å². The summed E-state index contributed by atoms with van der Waals surface area (Å²) in [4.78, 5) is 23.4. The van der Waals surface area contributed by atoms with E-state index in [1.165, 1.54) is 20.2 Å². The van der Waals surface area contributed by atoms with Crippen molar-refractivity contribution in [2.45, 2.75) is 12.5 Å². The standard InChI is InChI=1S/C13H18ClN3O3/c1-16-12(18)8-3-4-9(14)11(7-8)17-13(19)10(15)5-6-20-2/h3-4,7,10H,5-6,15H2,1-2H3,(H,16,18)(H,17,19). The average Bonchev–Trinajstić information content (AvgIpc) is 2.45. The Bertz CT molecular complexity index is 494. The van der Waals surface area contributed by atoms with Gasteiger partial charge in [-0.15, -0.1) is 0 Å². The number of rotatable bonds is 6. The highest BCUT2D eigenvalue weighted by Gasteiger charge is 2.15. The van der Waals surface area contributed by atoms with Gasteiger partial charge in [-0.05, 0) is 24.6 Å². The van der Waals surface area contributed by atoms with Gasteiger partial charge in [0.25, 0.3) is 5.91 Å². The number of halogens is 1. The lowest BCUT2D eigenvalue weighted by Gasteiger charge is -2.13. The molecule has 0 aliphatic carbocycles. The molecule has 0 saturated heterocycles. The average molecular weight is 300 g/mol. The zero-order valence-corrected chi connectivity index (χ0v) is 12.2. The third-order valence-electron chi connectivity index (χ3n) is 2.68. The first-order valence-electron chi connectivity index (χ1n) is 6.06. The van der Waals surface area contributed by atoms with Gasteiger partial charge in [-0.1, -0.05) is 11.6 Å². The number of amides is 2. The second-order valence-corrected chi connectivity index (χ2v) is 4.56. The van der Waals surface area contributed by atoms with E-state index >= 15 is 0 Å². The van der Waals surface area contributed by atoms with E-state index in [9.17, 15) is 9.59 Å². The van der Waals surface area contributed by atoms with E-state index in [2.05, 4.69) is 10.6 Å². The van der Waals surface area contributed by atoms with E-state index in [-0.39, 0.29) is 11.8 Å². The molecule has 0 saturated carbocycles. The third-order valence-corrected chi connectivity index (χ3v) is 3.01. The summed E-state index contributed by atoms with van der Waals surface area (Å²) in [7, 11) is 3.06. The van der Waals surface area contributed by atoms with Crippen LogP contribution in [0, 0.1) is 0 Å². The van der Waals surface area contributed by atoms with E-state index in [0.29, 0.717) is 29.3 Å². The van der Waals surface area contributed by atoms with Gasteiger partial charge in [-0.3, -0.25) is 9.59 Å². The van der Waals surface area contributed by atoms with Crippen LogP contribution in [0.4, 0.5) is 5.69 Å². The molecule has 0 aliphatic heterocycles. The molecule has 1 unspecified atom stereocenters. The third kappa shape index (κ3) is 4.48. The summed E-state index contributed by atoms with van der Waals surface area (Å²) in [5.74, 6) is -0.640. The maximum atomic E-state index is 11.9. The number of nitrogens with two attached hydrogens (primary N) is 1. The van der Waals surface area contributed by atoms with Gasteiger partial charge in [-0.2, -0.15) is 0 Å². The normalized spacial score (nSPS) is 11.8. The number of anilines is 1. The van der Waals surface area contributed by atoms with Crippen molar-refractivity contribution in [1.29, 1.82) is 0 Å². The van der Waals surface area contributed by atoms with Crippen LogP contribution in [0.25, 0.3) is 0 Å². The molecule has 1 atom stereocenters. The molecule has 7 heteroatoms. The summed E-state index contributed by atoms with van der Waals surface area (Å²) in [6, 6.07) is 3.92. The number of carbonyl (C=O) groups is 2. The van der Waals surface area contributed by atoms with Gasteiger partial charge in [-0.25, -0.2) is 0 Å². The van der Waals surface area contributed by atoms with Crippen molar-refractivity contribution in [3.63, 3.8) is 0 Å². The van der Waals surface area contributed by atoms with Crippen LogP contribution in [-0.2, 0) is 9.53 Å². The second-order valence-electron chi connectivity index (χ2n) is 4.15. The Kier molecular flexibility index (Phi) is 6.44. The number of ether oxygens (including phenoxy) is 1. The molecule has 0 aliphatic rings. The predicted molar refractivity (Wildman–Crippen MR) is 77.9 cm³/mol. The molecule has 110 valence electrons. The molecule has 1 aromatic carbocycles. The molecule has 1 aromatic rings. The Balaban J connectivity index is 2.80. The van der Waals surface area contributed by atoms with Crippen molar-refractivity contribution in [2.24, 2.45) is 5.73 Å². The lowest BCUT2D eigenvalue weighted by Crippen LogP contribution is -2.36. The van der Waals surface area contributed by atoms with Crippen molar-refractivity contribution in [3.05, 3.63) is 28.8 Å². The van der Waals surface area contributed by atoms with Crippen LogP contribution >= 0.6 is 11.6 Å². The van der Waals surface area contributed by atoms with Crippen LogP contribution in [0.3, 0.4) is 0 Å². The quantitative estimate of drug-likeness (QED) is 0.730. The maximum absolute atomic E-state index is 11.9. The number of methoxy groups -OCH3 is 1. The van der Waals surface area contributed by atoms with E-state index < -0.39 is 6.04 Å². The molecular formula is C13H18ClN3O3.